The van der Waals surface area contributed by atoms with Crippen molar-refractivity contribution < 1.29 is 9.84 Å². The van der Waals surface area contributed by atoms with Crippen LogP contribution in [-0.4, -0.2) is 17.8 Å². The van der Waals surface area contributed by atoms with Crippen LogP contribution in [0.5, 0.6) is 0 Å². The van der Waals surface area contributed by atoms with Gasteiger partial charge in [0.2, 0.25) is 0 Å². The Morgan fingerprint density at radius 1 is 1.69 bits per heavy atom. The van der Waals surface area contributed by atoms with Crippen LogP contribution in [0.3, 0.4) is 0 Å². The Bertz CT molecular complexity index is 344. The van der Waals surface area contributed by atoms with E-state index >= 15 is 0 Å². The van der Waals surface area contributed by atoms with Gasteiger partial charge in [0, 0.05) is 17.4 Å². The van der Waals surface area contributed by atoms with E-state index in [1.54, 1.807) is 11.3 Å². The Labute approximate surface area is 109 Å². The second kappa shape index (κ2) is 5.17. The van der Waals surface area contributed by atoms with E-state index in [9.17, 15) is 5.11 Å². The Balaban J connectivity index is 2.14. The molecule has 0 radical (unpaired) electrons. The number of aryl methyl sites for hydroxylation is 1. The lowest BCUT2D eigenvalue weighted by Crippen LogP contribution is -2.21. The molecule has 1 aromatic rings. The molecule has 2 nitrogen and oxygen atoms in total. The average molecular weight is 305 g/mol. The molecule has 1 saturated heterocycles. The summed E-state index contributed by atoms with van der Waals surface area (Å²) in [6, 6.07) is 2.07. The zero-order valence-electron chi connectivity index (χ0n) is 9.57. The second-order valence-electron chi connectivity index (χ2n) is 4.32. The number of halogens is 1. The van der Waals surface area contributed by atoms with Crippen LogP contribution in [0, 0.1) is 12.8 Å². The van der Waals surface area contributed by atoms with E-state index in [-0.39, 0.29) is 18.1 Å². The van der Waals surface area contributed by atoms with Crippen molar-refractivity contribution in [3.63, 3.8) is 0 Å². The fourth-order valence-corrected chi connectivity index (χ4v) is 3.92. The Kier molecular flexibility index (Phi) is 4.06. The van der Waals surface area contributed by atoms with Crippen molar-refractivity contribution in [1.29, 1.82) is 0 Å². The molecule has 1 N–H and O–H groups in total. The van der Waals surface area contributed by atoms with Gasteiger partial charge in [0.1, 0.15) is 0 Å². The van der Waals surface area contributed by atoms with Crippen LogP contribution < -0.4 is 0 Å². The van der Waals surface area contributed by atoms with E-state index in [1.807, 2.05) is 0 Å². The van der Waals surface area contributed by atoms with Crippen molar-refractivity contribution in [2.24, 2.45) is 5.92 Å². The van der Waals surface area contributed by atoms with Gasteiger partial charge in [-0.15, -0.1) is 11.3 Å². The SMILES string of the molecule is CCC1OCCC1C(O)c1cc(C)c(Br)s1. The summed E-state index contributed by atoms with van der Waals surface area (Å²) < 4.78 is 6.75. The minimum absolute atomic E-state index is 0.219. The molecule has 3 unspecified atom stereocenters. The highest BCUT2D eigenvalue weighted by atomic mass is 79.9. The molecular formula is C12H17BrO2S. The molecule has 2 heterocycles. The molecule has 0 bridgehead atoms. The number of rotatable bonds is 3. The van der Waals surface area contributed by atoms with E-state index in [2.05, 4.69) is 35.8 Å². The van der Waals surface area contributed by atoms with Crippen LogP contribution in [0.4, 0.5) is 0 Å². The Hall–Kier alpha value is 0.1000. The summed E-state index contributed by atoms with van der Waals surface area (Å²) in [6.45, 7) is 4.95. The summed E-state index contributed by atoms with van der Waals surface area (Å²) in [4.78, 5) is 1.05. The fourth-order valence-electron chi connectivity index (χ4n) is 2.29. The van der Waals surface area contributed by atoms with Crippen molar-refractivity contribution >= 4 is 27.3 Å². The van der Waals surface area contributed by atoms with E-state index in [1.165, 1.54) is 5.56 Å². The van der Waals surface area contributed by atoms with Gasteiger partial charge in [0.05, 0.1) is 16.0 Å². The quantitative estimate of drug-likeness (QED) is 0.923. The van der Waals surface area contributed by atoms with Gasteiger partial charge in [-0.25, -0.2) is 0 Å². The van der Waals surface area contributed by atoms with Crippen molar-refractivity contribution in [3.8, 4) is 0 Å². The number of hydrogen-bond acceptors (Lipinski definition) is 3. The lowest BCUT2D eigenvalue weighted by Gasteiger charge is -2.21. The van der Waals surface area contributed by atoms with Gasteiger partial charge in [0.25, 0.3) is 0 Å². The molecule has 4 heteroatoms. The number of hydrogen-bond donors (Lipinski definition) is 1. The van der Waals surface area contributed by atoms with Crippen molar-refractivity contribution in [2.45, 2.75) is 38.9 Å². The number of aliphatic hydroxyl groups is 1. The van der Waals surface area contributed by atoms with Gasteiger partial charge >= 0.3 is 0 Å². The summed E-state index contributed by atoms with van der Waals surface area (Å²) in [5.41, 5.74) is 1.20. The molecule has 1 fully saturated rings. The number of aliphatic hydroxyl groups excluding tert-OH is 1. The maximum atomic E-state index is 10.4. The van der Waals surface area contributed by atoms with Crippen LogP contribution in [-0.2, 0) is 4.74 Å². The topological polar surface area (TPSA) is 29.5 Å². The number of ether oxygens (including phenoxy) is 1. The minimum atomic E-state index is -0.373. The third-order valence-electron chi connectivity index (χ3n) is 3.24. The van der Waals surface area contributed by atoms with Gasteiger partial charge < -0.3 is 9.84 Å². The molecule has 0 saturated carbocycles. The van der Waals surface area contributed by atoms with Crippen LogP contribution in [0.25, 0.3) is 0 Å². The minimum Gasteiger partial charge on any atom is -0.387 e. The van der Waals surface area contributed by atoms with Crippen molar-refractivity contribution in [2.75, 3.05) is 6.61 Å². The summed E-state index contributed by atoms with van der Waals surface area (Å²) in [5.74, 6) is 0.259. The monoisotopic (exact) mass is 304 g/mol. The fraction of sp³-hybridized carbons (Fsp3) is 0.667. The third-order valence-corrected chi connectivity index (χ3v) is 5.44. The lowest BCUT2D eigenvalue weighted by atomic mass is 9.92. The van der Waals surface area contributed by atoms with E-state index in [0.29, 0.717) is 0 Å². The molecule has 3 atom stereocenters. The van der Waals surface area contributed by atoms with Crippen molar-refractivity contribution in [3.05, 3.63) is 20.3 Å². The zero-order chi connectivity index (χ0) is 11.7. The molecule has 0 amide bonds. The van der Waals surface area contributed by atoms with Crippen LogP contribution in [0.2, 0.25) is 0 Å². The first-order valence-electron chi connectivity index (χ1n) is 5.69. The molecule has 90 valence electrons. The first kappa shape index (κ1) is 12.6. The van der Waals surface area contributed by atoms with Gasteiger partial charge in [-0.3, -0.25) is 0 Å². The number of thiophene rings is 1. The smallest absolute Gasteiger partial charge is 0.0936 e. The molecule has 16 heavy (non-hydrogen) atoms. The predicted octanol–water partition coefficient (Wildman–Crippen LogP) is 3.67. The van der Waals surface area contributed by atoms with Crippen LogP contribution in [0.1, 0.15) is 36.3 Å². The molecule has 1 aromatic heterocycles. The van der Waals surface area contributed by atoms with Crippen LogP contribution in [0.15, 0.2) is 9.85 Å². The maximum absolute atomic E-state index is 10.4. The predicted molar refractivity (Wildman–Crippen MR) is 69.9 cm³/mol. The summed E-state index contributed by atoms with van der Waals surface area (Å²) in [7, 11) is 0. The van der Waals surface area contributed by atoms with Gasteiger partial charge in [-0.05, 0) is 47.3 Å². The van der Waals surface area contributed by atoms with Crippen molar-refractivity contribution in [1.82, 2.24) is 0 Å². The summed E-state index contributed by atoms with van der Waals surface area (Å²) in [5, 5.41) is 10.4. The van der Waals surface area contributed by atoms with Crippen LogP contribution >= 0.6 is 27.3 Å². The summed E-state index contributed by atoms with van der Waals surface area (Å²) >= 11 is 5.13. The second-order valence-corrected chi connectivity index (χ2v) is 6.72. The highest BCUT2D eigenvalue weighted by Crippen LogP contribution is 2.39. The van der Waals surface area contributed by atoms with Gasteiger partial charge in [-0.2, -0.15) is 0 Å². The highest BCUT2D eigenvalue weighted by molar-refractivity contribution is 9.11. The third kappa shape index (κ3) is 2.35. The molecular weight excluding hydrogens is 288 g/mol. The molecule has 1 aliphatic rings. The standard InChI is InChI=1S/C12H17BrO2S/c1-3-9-8(4-5-15-9)11(14)10-6-7(2)12(13)16-10/h6,8-9,11,14H,3-5H2,1-2H3. The van der Waals surface area contributed by atoms with Gasteiger partial charge in [0.15, 0.2) is 0 Å². The van der Waals surface area contributed by atoms with E-state index < -0.39 is 0 Å². The summed E-state index contributed by atoms with van der Waals surface area (Å²) in [6.07, 6.45) is 1.79. The normalized spacial score (nSPS) is 27.2. The molecule has 1 aliphatic heterocycles. The molecule has 0 aliphatic carbocycles. The molecule has 2 rings (SSSR count). The van der Waals surface area contributed by atoms with E-state index in [0.717, 1.165) is 28.1 Å². The first-order valence-corrected chi connectivity index (χ1v) is 7.30. The lowest BCUT2D eigenvalue weighted by molar-refractivity contribution is 0.0322. The van der Waals surface area contributed by atoms with E-state index in [4.69, 9.17) is 4.74 Å². The maximum Gasteiger partial charge on any atom is 0.0936 e. The Morgan fingerprint density at radius 2 is 2.44 bits per heavy atom. The Morgan fingerprint density at radius 3 is 3.00 bits per heavy atom. The zero-order valence-corrected chi connectivity index (χ0v) is 12.0. The molecule has 0 aromatic carbocycles. The highest BCUT2D eigenvalue weighted by Gasteiger charge is 2.34. The largest absolute Gasteiger partial charge is 0.387 e. The van der Waals surface area contributed by atoms with Gasteiger partial charge in [-0.1, -0.05) is 6.92 Å². The first-order chi connectivity index (χ1) is 7.63. The molecule has 0 spiro atoms. The average Bonchev–Trinajstić information content (AvgIpc) is 2.85.